The predicted octanol–water partition coefficient (Wildman–Crippen LogP) is 2.38. The molecule has 0 unspecified atom stereocenters. The molecule has 0 aliphatic carbocycles. The summed E-state index contributed by atoms with van der Waals surface area (Å²) in [5.41, 5.74) is 1.46. The summed E-state index contributed by atoms with van der Waals surface area (Å²) in [5, 5.41) is 0. The van der Waals surface area contributed by atoms with Gasteiger partial charge < -0.3 is 4.74 Å². The molecule has 0 spiro atoms. The van der Waals surface area contributed by atoms with Crippen molar-refractivity contribution < 1.29 is 37.1 Å². The Morgan fingerprint density at radius 2 is 1.48 bits per heavy atom. The number of Topliss-reactive ketones (excluding diaryl/α,β-unsaturated/α-hetero) is 3. The van der Waals surface area contributed by atoms with Gasteiger partial charge in [0.25, 0.3) is 0 Å². The summed E-state index contributed by atoms with van der Waals surface area (Å²) in [4.78, 5) is 44.8. The summed E-state index contributed by atoms with van der Waals surface area (Å²) in [6.07, 6.45) is -4.39. The van der Waals surface area contributed by atoms with Crippen LogP contribution in [0.25, 0.3) is 0 Å². The van der Waals surface area contributed by atoms with Crippen LogP contribution in [0.4, 0.5) is 13.2 Å². The van der Waals surface area contributed by atoms with E-state index in [1.807, 2.05) is 0 Å². The molecule has 0 aliphatic rings. The number of rotatable bonds is 9. The summed E-state index contributed by atoms with van der Waals surface area (Å²) in [7, 11) is 0. The molecule has 136 valence electrons. The first kappa shape index (κ1) is 20.5. The predicted molar refractivity (Wildman–Crippen MR) is 80.8 cm³/mol. The maximum absolute atomic E-state index is 11.9. The molecule has 0 aliphatic heterocycles. The van der Waals surface area contributed by atoms with Gasteiger partial charge in [0.05, 0.1) is 0 Å². The molecular weight excluding hydrogens is 341 g/mol. The highest BCUT2D eigenvalue weighted by molar-refractivity contribution is 6.36. The summed E-state index contributed by atoms with van der Waals surface area (Å²) in [6.45, 7) is -0.598. The van der Waals surface area contributed by atoms with Crippen molar-refractivity contribution in [3.8, 4) is 0 Å². The lowest BCUT2D eigenvalue weighted by molar-refractivity contribution is -0.187. The van der Waals surface area contributed by atoms with Crippen molar-refractivity contribution in [1.29, 1.82) is 0 Å². The molecule has 0 fully saturated rings. The maximum atomic E-state index is 11.9. The first-order valence-corrected chi connectivity index (χ1v) is 7.47. The number of alkyl halides is 3. The van der Waals surface area contributed by atoms with Crippen molar-refractivity contribution in [2.75, 3.05) is 6.61 Å². The lowest BCUT2D eigenvalue weighted by atomic mass is 10.0. The number of hydrogen-bond donors (Lipinski definition) is 0. The van der Waals surface area contributed by atoms with Crippen LogP contribution in [0, 0.1) is 0 Å². The smallest absolute Gasteiger partial charge is 0.422 e. The Labute approximate surface area is 142 Å². The minimum atomic E-state index is -4.68. The zero-order valence-electron chi connectivity index (χ0n) is 13.5. The molecule has 0 saturated carbocycles. The molecule has 1 aromatic carbocycles. The van der Waals surface area contributed by atoms with Crippen molar-refractivity contribution in [2.24, 2.45) is 0 Å². The van der Waals surface area contributed by atoms with Crippen LogP contribution in [0.5, 0.6) is 0 Å². The highest BCUT2D eigenvalue weighted by Crippen LogP contribution is 2.15. The largest absolute Gasteiger partial charge is 0.450 e. The Balaban J connectivity index is 2.50. The Morgan fingerprint density at radius 1 is 0.960 bits per heavy atom. The van der Waals surface area contributed by atoms with Crippen LogP contribution in [0.3, 0.4) is 0 Å². The van der Waals surface area contributed by atoms with Gasteiger partial charge in [0.15, 0.2) is 18.2 Å². The Hall–Kier alpha value is -2.51. The van der Waals surface area contributed by atoms with E-state index in [2.05, 4.69) is 4.74 Å². The number of carbonyl (C=O) groups excluding carboxylic acids is 4. The van der Waals surface area contributed by atoms with E-state index in [-0.39, 0.29) is 19.3 Å². The number of ether oxygens (including phenoxy) is 1. The minimum absolute atomic E-state index is 0.0709. The molecule has 0 bridgehead atoms. The lowest BCUT2D eigenvalue weighted by Gasteiger charge is -2.07. The summed E-state index contributed by atoms with van der Waals surface area (Å²) in [5.74, 6) is -3.55. The summed E-state index contributed by atoms with van der Waals surface area (Å²) < 4.78 is 39.6. The van der Waals surface area contributed by atoms with Gasteiger partial charge in [-0.1, -0.05) is 24.3 Å². The zero-order valence-corrected chi connectivity index (χ0v) is 13.5. The molecular formula is C17H17F3O5. The minimum Gasteiger partial charge on any atom is -0.450 e. The van der Waals surface area contributed by atoms with Gasteiger partial charge in [-0.05, 0) is 24.0 Å². The van der Waals surface area contributed by atoms with E-state index >= 15 is 0 Å². The first-order chi connectivity index (χ1) is 11.6. The fraction of sp³-hybridized carbons (Fsp3) is 0.412. The van der Waals surface area contributed by atoms with Crippen LogP contribution in [-0.2, 0) is 36.8 Å². The molecule has 0 heterocycles. The SMILES string of the molecule is CC(=O)C(=O)CCc1cccc(CCC(=O)C(=O)OCC(F)(F)F)c1. The fourth-order valence-corrected chi connectivity index (χ4v) is 1.96. The number of benzene rings is 1. The molecule has 0 saturated heterocycles. The van der Waals surface area contributed by atoms with E-state index in [0.717, 1.165) is 5.56 Å². The quantitative estimate of drug-likeness (QED) is 0.500. The monoisotopic (exact) mass is 358 g/mol. The van der Waals surface area contributed by atoms with Gasteiger partial charge in [0.1, 0.15) is 0 Å². The van der Waals surface area contributed by atoms with E-state index in [4.69, 9.17) is 0 Å². The first-order valence-electron chi connectivity index (χ1n) is 7.47. The average Bonchev–Trinajstić information content (AvgIpc) is 2.54. The topological polar surface area (TPSA) is 77.5 Å². The van der Waals surface area contributed by atoms with Crippen LogP contribution >= 0.6 is 0 Å². The van der Waals surface area contributed by atoms with Gasteiger partial charge in [-0.3, -0.25) is 14.4 Å². The number of ketones is 3. The molecule has 0 amide bonds. The molecule has 1 aromatic rings. The third-order valence-corrected chi connectivity index (χ3v) is 3.26. The fourth-order valence-electron chi connectivity index (χ4n) is 1.96. The van der Waals surface area contributed by atoms with Crippen LogP contribution in [0.2, 0.25) is 0 Å². The van der Waals surface area contributed by atoms with Crippen LogP contribution < -0.4 is 0 Å². The van der Waals surface area contributed by atoms with Crippen LogP contribution in [0.15, 0.2) is 24.3 Å². The highest BCUT2D eigenvalue weighted by Gasteiger charge is 2.30. The maximum Gasteiger partial charge on any atom is 0.422 e. The Bertz CT molecular complexity index is 664. The van der Waals surface area contributed by atoms with Crippen molar-refractivity contribution in [2.45, 2.75) is 38.8 Å². The number of hydrogen-bond acceptors (Lipinski definition) is 5. The highest BCUT2D eigenvalue weighted by atomic mass is 19.4. The number of carbonyl (C=O) groups is 4. The molecule has 0 N–H and O–H groups in total. The second kappa shape index (κ2) is 9.10. The van der Waals surface area contributed by atoms with E-state index in [1.54, 1.807) is 24.3 Å². The normalized spacial score (nSPS) is 11.0. The molecule has 5 nitrogen and oxygen atoms in total. The number of esters is 1. The molecule has 0 aromatic heterocycles. The molecule has 0 radical (unpaired) electrons. The van der Waals surface area contributed by atoms with Gasteiger partial charge in [-0.2, -0.15) is 13.2 Å². The van der Waals surface area contributed by atoms with Crippen LogP contribution in [0.1, 0.15) is 30.9 Å². The summed E-state index contributed by atoms with van der Waals surface area (Å²) in [6, 6.07) is 6.83. The lowest BCUT2D eigenvalue weighted by Crippen LogP contribution is -2.25. The third kappa shape index (κ3) is 8.23. The Morgan fingerprint density at radius 3 is 1.96 bits per heavy atom. The second-order valence-corrected chi connectivity index (χ2v) is 5.41. The zero-order chi connectivity index (χ0) is 19.0. The van der Waals surface area contributed by atoms with Gasteiger partial charge >= 0.3 is 12.1 Å². The van der Waals surface area contributed by atoms with Gasteiger partial charge in [0, 0.05) is 19.8 Å². The van der Waals surface area contributed by atoms with Gasteiger partial charge in [-0.15, -0.1) is 0 Å². The van der Waals surface area contributed by atoms with E-state index in [0.29, 0.717) is 12.0 Å². The molecule has 0 atom stereocenters. The van der Waals surface area contributed by atoms with Crippen molar-refractivity contribution in [1.82, 2.24) is 0 Å². The van der Waals surface area contributed by atoms with Crippen molar-refractivity contribution in [3.05, 3.63) is 35.4 Å². The Kier molecular flexibility index (Phi) is 7.47. The number of aryl methyl sites for hydroxylation is 2. The standard InChI is InChI=1S/C17H17F3O5/c1-11(21)14(22)7-5-12-3-2-4-13(9-12)6-8-15(23)16(24)25-10-17(18,19)20/h2-4,9H,5-8,10H2,1H3. The second-order valence-electron chi connectivity index (χ2n) is 5.41. The van der Waals surface area contributed by atoms with Gasteiger partial charge in [0.2, 0.25) is 5.78 Å². The van der Waals surface area contributed by atoms with E-state index < -0.39 is 36.1 Å². The molecule has 8 heteroatoms. The van der Waals surface area contributed by atoms with Crippen LogP contribution in [-0.4, -0.2) is 36.1 Å². The average molecular weight is 358 g/mol. The molecule has 25 heavy (non-hydrogen) atoms. The van der Waals surface area contributed by atoms with E-state index in [1.165, 1.54) is 6.92 Å². The summed E-state index contributed by atoms with van der Waals surface area (Å²) >= 11 is 0. The molecule has 1 rings (SSSR count). The number of halogens is 3. The van der Waals surface area contributed by atoms with Crippen molar-refractivity contribution in [3.63, 3.8) is 0 Å². The van der Waals surface area contributed by atoms with E-state index in [9.17, 15) is 32.3 Å². The third-order valence-electron chi connectivity index (χ3n) is 3.26. The van der Waals surface area contributed by atoms with Crippen molar-refractivity contribution >= 4 is 23.3 Å². The van der Waals surface area contributed by atoms with Gasteiger partial charge in [-0.25, -0.2) is 4.79 Å².